The first kappa shape index (κ1) is 15.9. The van der Waals surface area contributed by atoms with Crippen LogP contribution in [0.1, 0.15) is 35.2 Å². The van der Waals surface area contributed by atoms with Crippen LogP contribution in [-0.2, 0) is 0 Å². The molecule has 2 heterocycles. The summed E-state index contributed by atoms with van der Waals surface area (Å²) >= 11 is 13.8. The first-order valence-corrected chi connectivity index (χ1v) is 8.99. The molecule has 116 valence electrons. The van der Waals surface area contributed by atoms with Crippen LogP contribution in [0.25, 0.3) is 10.4 Å². The predicted molar refractivity (Wildman–Crippen MR) is 94.3 cm³/mol. The van der Waals surface area contributed by atoms with Crippen LogP contribution < -0.4 is 0 Å². The van der Waals surface area contributed by atoms with Crippen molar-refractivity contribution in [3.63, 3.8) is 0 Å². The van der Waals surface area contributed by atoms with Crippen molar-refractivity contribution in [2.75, 3.05) is 13.1 Å². The lowest BCUT2D eigenvalue weighted by Gasteiger charge is -2.26. The first-order valence-electron chi connectivity index (χ1n) is 7.42. The molecule has 1 aromatic heterocycles. The molecule has 1 amide bonds. The Labute approximate surface area is 144 Å². The second kappa shape index (κ2) is 6.61. The summed E-state index contributed by atoms with van der Waals surface area (Å²) in [6, 6.07) is 7.64. The Morgan fingerprint density at radius 2 is 1.73 bits per heavy atom. The Kier molecular flexibility index (Phi) is 4.76. The second-order valence-corrected chi connectivity index (χ2v) is 7.62. The number of hydrogen-bond donors (Lipinski definition) is 0. The van der Waals surface area contributed by atoms with Gasteiger partial charge < -0.3 is 4.90 Å². The quantitative estimate of drug-likeness (QED) is 0.682. The van der Waals surface area contributed by atoms with Gasteiger partial charge in [-0.25, -0.2) is 0 Å². The van der Waals surface area contributed by atoms with Crippen LogP contribution in [0, 0.1) is 6.92 Å². The zero-order chi connectivity index (χ0) is 15.7. The highest BCUT2D eigenvalue weighted by atomic mass is 35.5. The van der Waals surface area contributed by atoms with E-state index in [0.29, 0.717) is 14.9 Å². The number of halogens is 2. The van der Waals surface area contributed by atoms with Crippen molar-refractivity contribution in [1.29, 1.82) is 0 Å². The zero-order valence-corrected chi connectivity index (χ0v) is 14.7. The van der Waals surface area contributed by atoms with Gasteiger partial charge >= 0.3 is 0 Å². The zero-order valence-electron chi connectivity index (χ0n) is 12.4. The highest BCUT2D eigenvalue weighted by Gasteiger charge is 2.26. The number of hydrogen-bond acceptors (Lipinski definition) is 2. The third-order valence-electron chi connectivity index (χ3n) is 4.07. The van der Waals surface area contributed by atoms with E-state index in [2.05, 4.69) is 0 Å². The highest BCUT2D eigenvalue weighted by Crippen LogP contribution is 2.40. The number of carbonyl (C=O) groups is 1. The molecule has 0 atom stereocenters. The molecule has 0 saturated carbocycles. The molecule has 1 aliphatic rings. The molecule has 0 N–H and O–H groups in total. The van der Waals surface area contributed by atoms with Gasteiger partial charge in [0, 0.05) is 23.0 Å². The molecule has 0 spiro atoms. The summed E-state index contributed by atoms with van der Waals surface area (Å²) in [7, 11) is 0. The van der Waals surface area contributed by atoms with Crippen molar-refractivity contribution in [2.24, 2.45) is 0 Å². The summed E-state index contributed by atoms with van der Waals surface area (Å²) in [6.07, 6.45) is 3.36. The Hall–Kier alpha value is -1.03. The average Bonchev–Trinajstić information content (AvgIpc) is 2.83. The van der Waals surface area contributed by atoms with Crippen LogP contribution in [0.15, 0.2) is 24.3 Å². The van der Waals surface area contributed by atoms with E-state index < -0.39 is 0 Å². The van der Waals surface area contributed by atoms with E-state index >= 15 is 0 Å². The van der Waals surface area contributed by atoms with Crippen LogP contribution in [-0.4, -0.2) is 23.9 Å². The van der Waals surface area contributed by atoms with Crippen molar-refractivity contribution in [2.45, 2.75) is 26.2 Å². The maximum atomic E-state index is 12.8. The van der Waals surface area contributed by atoms with Gasteiger partial charge in [-0.05, 0) is 49.4 Å². The number of piperidine rings is 1. The van der Waals surface area contributed by atoms with Gasteiger partial charge in [0.15, 0.2) is 0 Å². The van der Waals surface area contributed by atoms with Gasteiger partial charge in [0.1, 0.15) is 4.34 Å². The van der Waals surface area contributed by atoms with Crippen LogP contribution >= 0.6 is 34.5 Å². The molecule has 2 nitrogen and oxygen atoms in total. The van der Waals surface area contributed by atoms with E-state index in [0.717, 1.165) is 41.9 Å². The molecule has 0 radical (unpaired) electrons. The van der Waals surface area contributed by atoms with Gasteiger partial charge in [-0.3, -0.25) is 4.79 Å². The highest BCUT2D eigenvalue weighted by molar-refractivity contribution is 7.20. The number of likely N-dealkylation sites (tertiary alicyclic amines) is 1. The minimum atomic E-state index is 0.0682. The van der Waals surface area contributed by atoms with Crippen LogP contribution in [0.5, 0.6) is 0 Å². The summed E-state index contributed by atoms with van der Waals surface area (Å²) in [5.41, 5.74) is 2.68. The SMILES string of the molecule is Cc1c(-c2ccc(Cl)cc2)sc(Cl)c1C(=O)N1CCCCC1. The molecule has 0 bridgehead atoms. The molecule has 3 rings (SSSR count). The summed E-state index contributed by atoms with van der Waals surface area (Å²) in [5, 5.41) is 0.702. The number of carbonyl (C=O) groups excluding carboxylic acids is 1. The minimum absolute atomic E-state index is 0.0682. The van der Waals surface area contributed by atoms with Gasteiger partial charge in [-0.15, -0.1) is 11.3 Å². The van der Waals surface area contributed by atoms with Crippen LogP contribution in [0.4, 0.5) is 0 Å². The third-order valence-corrected chi connectivity index (χ3v) is 5.87. The lowest BCUT2D eigenvalue weighted by atomic mass is 10.0. The normalized spacial score (nSPS) is 15.1. The number of thiophene rings is 1. The van der Waals surface area contributed by atoms with Crippen molar-refractivity contribution < 1.29 is 4.79 Å². The van der Waals surface area contributed by atoms with Crippen molar-refractivity contribution in [3.05, 3.63) is 44.8 Å². The molecule has 1 aromatic carbocycles. The van der Waals surface area contributed by atoms with Crippen molar-refractivity contribution >= 4 is 40.4 Å². The molecule has 0 unspecified atom stereocenters. The van der Waals surface area contributed by atoms with E-state index in [1.807, 2.05) is 36.1 Å². The lowest BCUT2D eigenvalue weighted by molar-refractivity contribution is 0.0724. The predicted octanol–water partition coefficient (Wildman–Crippen LogP) is 5.66. The van der Waals surface area contributed by atoms with Crippen LogP contribution in [0.3, 0.4) is 0 Å². The standard InChI is InChI=1S/C17H17Cl2NOS/c1-11-14(17(21)20-9-3-2-4-10-20)16(19)22-15(11)12-5-7-13(18)8-6-12/h5-8H,2-4,9-10H2,1H3. The molecule has 2 aromatic rings. The lowest BCUT2D eigenvalue weighted by Crippen LogP contribution is -2.35. The Morgan fingerprint density at radius 3 is 2.36 bits per heavy atom. The molecule has 1 aliphatic heterocycles. The van der Waals surface area contributed by atoms with E-state index in [9.17, 15) is 4.79 Å². The number of nitrogens with zero attached hydrogens (tertiary/aromatic N) is 1. The van der Waals surface area contributed by atoms with Gasteiger partial charge in [0.25, 0.3) is 5.91 Å². The smallest absolute Gasteiger partial charge is 0.256 e. The largest absolute Gasteiger partial charge is 0.339 e. The Morgan fingerprint density at radius 1 is 1.09 bits per heavy atom. The molecule has 1 saturated heterocycles. The minimum Gasteiger partial charge on any atom is -0.339 e. The fourth-order valence-corrected chi connectivity index (χ4v) is 4.47. The van der Waals surface area contributed by atoms with Crippen LogP contribution in [0.2, 0.25) is 9.36 Å². The summed E-state index contributed by atoms with van der Waals surface area (Å²) in [4.78, 5) is 15.7. The van der Waals surface area contributed by atoms with Gasteiger partial charge in [0.2, 0.25) is 0 Å². The molecular weight excluding hydrogens is 337 g/mol. The van der Waals surface area contributed by atoms with Crippen molar-refractivity contribution in [3.8, 4) is 10.4 Å². The number of amides is 1. The maximum Gasteiger partial charge on any atom is 0.256 e. The van der Waals surface area contributed by atoms with Gasteiger partial charge in [-0.1, -0.05) is 35.3 Å². The average molecular weight is 354 g/mol. The molecule has 22 heavy (non-hydrogen) atoms. The summed E-state index contributed by atoms with van der Waals surface area (Å²) < 4.78 is 0.582. The summed E-state index contributed by atoms with van der Waals surface area (Å²) in [6.45, 7) is 3.64. The van der Waals surface area contributed by atoms with Crippen molar-refractivity contribution in [1.82, 2.24) is 4.90 Å². The molecular formula is C17H17Cl2NOS. The third kappa shape index (κ3) is 3.03. The number of benzene rings is 1. The summed E-state index contributed by atoms with van der Waals surface area (Å²) in [5.74, 6) is 0.0682. The fraction of sp³-hybridized carbons (Fsp3) is 0.353. The van der Waals surface area contributed by atoms with Gasteiger partial charge in [0.05, 0.1) is 5.56 Å². The molecule has 1 fully saturated rings. The Bertz CT molecular complexity index is 687. The monoisotopic (exact) mass is 353 g/mol. The Balaban J connectivity index is 1.96. The van der Waals surface area contributed by atoms with Gasteiger partial charge in [-0.2, -0.15) is 0 Å². The molecule has 0 aliphatic carbocycles. The first-order chi connectivity index (χ1) is 10.6. The fourth-order valence-electron chi connectivity index (χ4n) is 2.85. The van der Waals surface area contributed by atoms with E-state index in [1.54, 1.807) is 0 Å². The number of rotatable bonds is 2. The van der Waals surface area contributed by atoms with E-state index in [1.165, 1.54) is 17.8 Å². The topological polar surface area (TPSA) is 20.3 Å². The maximum absolute atomic E-state index is 12.8. The molecule has 5 heteroatoms. The van der Waals surface area contributed by atoms with E-state index in [4.69, 9.17) is 23.2 Å². The van der Waals surface area contributed by atoms with E-state index in [-0.39, 0.29) is 5.91 Å². The second-order valence-electron chi connectivity index (χ2n) is 5.56.